The minimum atomic E-state index is 0.0613. The topological polar surface area (TPSA) is 29.1 Å². The molecule has 0 aromatic heterocycles. The summed E-state index contributed by atoms with van der Waals surface area (Å²) in [6.07, 6.45) is 4.74. The van der Waals surface area contributed by atoms with E-state index in [0.717, 1.165) is 19.4 Å². The van der Waals surface area contributed by atoms with Crippen LogP contribution in [0.5, 0.6) is 0 Å². The molecule has 1 aliphatic heterocycles. The number of nitrogens with one attached hydrogen (secondary N) is 1. The summed E-state index contributed by atoms with van der Waals surface area (Å²) >= 11 is 0. The van der Waals surface area contributed by atoms with E-state index in [2.05, 4.69) is 11.9 Å². The molecule has 1 saturated heterocycles. The Kier molecular flexibility index (Phi) is 2.63. The molecule has 1 N–H and O–H groups in total. The lowest BCUT2D eigenvalue weighted by atomic mass is 10.0. The second kappa shape index (κ2) is 3.52. The molecule has 0 radical (unpaired) electrons. The van der Waals surface area contributed by atoms with E-state index in [-0.39, 0.29) is 11.8 Å². The highest BCUT2D eigenvalue weighted by Crippen LogP contribution is 2.07. The van der Waals surface area contributed by atoms with Crippen molar-refractivity contribution in [3.63, 3.8) is 0 Å². The normalized spacial score (nSPS) is 25.8. The van der Waals surface area contributed by atoms with Crippen LogP contribution in [0.25, 0.3) is 0 Å². The van der Waals surface area contributed by atoms with Gasteiger partial charge in [0.15, 0.2) is 5.78 Å². The van der Waals surface area contributed by atoms with Crippen LogP contribution in [-0.4, -0.2) is 18.4 Å². The SMILES string of the molecule is C=CC(=O)C1CCCCN1. The molecule has 1 aliphatic rings. The second-order valence-electron chi connectivity index (χ2n) is 2.61. The number of hydrogen-bond donors (Lipinski definition) is 1. The van der Waals surface area contributed by atoms with Crippen LogP contribution in [0.4, 0.5) is 0 Å². The lowest BCUT2D eigenvalue weighted by molar-refractivity contribution is -0.116. The molecule has 0 aromatic carbocycles. The smallest absolute Gasteiger partial charge is 0.171 e. The predicted octanol–water partition coefficient (Wildman–Crippen LogP) is 0.884. The van der Waals surface area contributed by atoms with Crippen molar-refractivity contribution >= 4 is 5.78 Å². The fourth-order valence-corrected chi connectivity index (χ4v) is 1.24. The van der Waals surface area contributed by atoms with Crippen LogP contribution in [0.1, 0.15) is 19.3 Å². The van der Waals surface area contributed by atoms with E-state index >= 15 is 0 Å². The Morgan fingerprint density at radius 1 is 1.60 bits per heavy atom. The van der Waals surface area contributed by atoms with E-state index in [9.17, 15) is 4.79 Å². The Labute approximate surface area is 61.3 Å². The summed E-state index contributed by atoms with van der Waals surface area (Å²) in [4.78, 5) is 11.0. The number of carbonyl (C=O) groups is 1. The molecule has 0 saturated carbocycles. The van der Waals surface area contributed by atoms with Crippen molar-refractivity contribution in [2.75, 3.05) is 6.54 Å². The molecule has 0 aliphatic carbocycles. The summed E-state index contributed by atoms with van der Waals surface area (Å²) in [6.45, 7) is 4.42. The largest absolute Gasteiger partial charge is 0.307 e. The van der Waals surface area contributed by atoms with Crippen molar-refractivity contribution in [1.29, 1.82) is 0 Å². The van der Waals surface area contributed by atoms with E-state index in [1.54, 1.807) is 0 Å². The average molecular weight is 139 g/mol. The van der Waals surface area contributed by atoms with Gasteiger partial charge in [0.25, 0.3) is 0 Å². The first-order valence-electron chi connectivity index (χ1n) is 3.74. The summed E-state index contributed by atoms with van der Waals surface area (Å²) in [5.41, 5.74) is 0. The number of carbonyl (C=O) groups excluding carboxylic acids is 1. The second-order valence-corrected chi connectivity index (χ2v) is 2.61. The summed E-state index contributed by atoms with van der Waals surface area (Å²) in [7, 11) is 0. The molecule has 0 aromatic rings. The molecule has 1 heterocycles. The number of rotatable bonds is 2. The van der Waals surface area contributed by atoms with Gasteiger partial charge in [0, 0.05) is 0 Å². The van der Waals surface area contributed by atoms with Crippen LogP contribution < -0.4 is 5.32 Å². The Morgan fingerprint density at radius 3 is 2.90 bits per heavy atom. The maximum absolute atomic E-state index is 11.0. The molecule has 1 rings (SSSR count). The monoisotopic (exact) mass is 139 g/mol. The van der Waals surface area contributed by atoms with Gasteiger partial charge in [-0.25, -0.2) is 0 Å². The van der Waals surface area contributed by atoms with Gasteiger partial charge in [-0.05, 0) is 25.5 Å². The number of ketones is 1. The van der Waals surface area contributed by atoms with Crippen molar-refractivity contribution < 1.29 is 4.79 Å². The molecule has 2 nitrogen and oxygen atoms in total. The highest BCUT2D eigenvalue weighted by Gasteiger charge is 2.16. The van der Waals surface area contributed by atoms with Crippen molar-refractivity contribution in [3.05, 3.63) is 12.7 Å². The highest BCUT2D eigenvalue weighted by atomic mass is 16.1. The van der Waals surface area contributed by atoms with Gasteiger partial charge in [-0.1, -0.05) is 13.0 Å². The zero-order chi connectivity index (χ0) is 7.40. The van der Waals surface area contributed by atoms with Gasteiger partial charge < -0.3 is 5.32 Å². The summed E-state index contributed by atoms with van der Waals surface area (Å²) in [5, 5.41) is 3.15. The van der Waals surface area contributed by atoms with Gasteiger partial charge in [0.05, 0.1) is 6.04 Å². The van der Waals surface area contributed by atoms with Gasteiger partial charge in [0.1, 0.15) is 0 Å². The standard InChI is InChI=1S/C8H13NO/c1-2-8(10)7-5-3-4-6-9-7/h2,7,9H,1,3-6H2. The first-order chi connectivity index (χ1) is 4.84. The molecule has 0 spiro atoms. The van der Waals surface area contributed by atoms with E-state index in [1.165, 1.54) is 12.5 Å². The number of hydrogen-bond acceptors (Lipinski definition) is 2. The first-order valence-corrected chi connectivity index (χ1v) is 3.74. The van der Waals surface area contributed by atoms with Crippen LogP contribution in [-0.2, 0) is 4.79 Å². The zero-order valence-electron chi connectivity index (χ0n) is 6.10. The number of piperidine rings is 1. The van der Waals surface area contributed by atoms with Crippen LogP contribution in [0.15, 0.2) is 12.7 Å². The fraction of sp³-hybridized carbons (Fsp3) is 0.625. The van der Waals surface area contributed by atoms with Gasteiger partial charge in [-0.15, -0.1) is 0 Å². The lowest BCUT2D eigenvalue weighted by Crippen LogP contribution is -2.39. The van der Waals surface area contributed by atoms with Crippen molar-refractivity contribution in [2.45, 2.75) is 25.3 Å². The molecule has 0 amide bonds. The van der Waals surface area contributed by atoms with E-state index in [4.69, 9.17) is 0 Å². The van der Waals surface area contributed by atoms with E-state index in [0.29, 0.717) is 0 Å². The van der Waals surface area contributed by atoms with Gasteiger partial charge in [-0.2, -0.15) is 0 Å². The summed E-state index contributed by atoms with van der Waals surface area (Å²) in [5.74, 6) is 0.139. The Balaban J connectivity index is 2.38. The zero-order valence-corrected chi connectivity index (χ0v) is 6.10. The first kappa shape index (κ1) is 7.48. The Morgan fingerprint density at radius 2 is 2.40 bits per heavy atom. The van der Waals surface area contributed by atoms with Crippen molar-refractivity contribution in [3.8, 4) is 0 Å². The minimum absolute atomic E-state index is 0.0613. The van der Waals surface area contributed by atoms with Crippen LogP contribution in [0.2, 0.25) is 0 Å². The van der Waals surface area contributed by atoms with Gasteiger partial charge >= 0.3 is 0 Å². The average Bonchev–Trinajstić information content (AvgIpc) is 2.05. The van der Waals surface area contributed by atoms with Crippen molar-refractivity contribution in [1.82, 2.24) is 5.32 Å². The summed E-state index contributed by atoms with van der Waals surface area (Å²) < 4.78 is 0. The lowest BCUT2D eigenvalue weighted by Gasteiger charge is -2.20. The maximum Gasteiger partial charge on any atom is 0.171 e. The molecule has 0 bridgehead atoms. The maximum atomic E-state index is 11.0. The highest BCUT2D eigenvalue weighted by molar-refractivity contribution is 5.93. The minimum Gasteiger partial charge on any atom is -0.307 e. The molecule has 1 atom stereocenters. The molecule has 10 heavy (non-hydrogen) atoms. The molecular formula is C8H13NO. The Bertz CT molecular complexity index is 136. The van der Waals surface area contributed by atoms with Crippen LogP contribution >= 0.6 is 0 Å². The van der Waals surface area contributed by atoms with Crippen LogP contribution in [0.3, 0.4) is 0 Å². The predicted molar refractivity (Wildman–Crippen MR) is 40.8 cm³/mol. The third-order valence-electron chi connectivity index (χ3n) is 1.85. The van der Waals surface area contributed by atoms with Gasteiger partial charge in [-0.3, -0.25) is 4.79 Å². The van der Waals surface area contributed by atoms with E-state index in [1.807, 2.05) is 0 Å². The third-order valence-corrected chi connectivity index (χ3v) is 1.85. The summed E-state index contributed by atoms with van der Waals surface area (Å²) in [6, 6.07) is 0.0613. The third kappa shape index (κ3) is 1.67. The molecular weight excluding hydrogens is 126 g/mol. The molecule has 56 valence electrons. The van der Waals surface area contributed by atoms with Crippen LogP contribution in [0, 0.1) is 0 Å². The fourth-order valence-electron chi connectivity index (χ4n) is 1.24. The molecule has 2 heteroatoms. The van der Waals surface area contributed by atoms with Crippen molar-refractivity contribution in [2.24, 2.45) is 0 Å². The Hall–Kier alpha value is -0.630. The molecule has 1 unspecified atom stereocenters. The van der Waals surface area contributed by atoms with E-state index < -0.39 is 0 Å². The van der Waals surface area contributed by atoms with Gasteiger partial charge in [0.2, 0.25) is 0 Å². The molecule has 1 fully saturated rings. The quantitative estimate of drug-likeness (QED) is 0.575.